The molecule has 0 amide bonds. The number of fused-ring (bicyclic) bond motifs is 1. The van der Waals surface area contributed by atoms with Crippen molar-refractivity contribution in [3.8, 4) is 0 Å². The topological polar surface area (TPSA) is 53.7 Å². The quantitative estimate of drug-likeness (QED) is 0.910. The van der Waals surface area contributed by atoms with E-state index >= 15 is 0 Å². The number of benzene rings is 1. The molecule has 1 aliphatic heterocycles. The maximum atomic E-state index is 11.1. The van der Waals surface area contributed by atoms with Gasteiger partial charge in [0.2, 0.25) is 0 Å². The van der Waals surface area contributed by atoms with E-state index in [0.29, 0.717) is 6.04 Å². The van der Waals surface area contributed by atoms with Gasteiger partial charge in [0.1, 0.15) is 11.3 Å². The standard InChI is InChI=1S/C18H23NO3/c1-13(18(20)21)10-15-7-4-5-9-19(15)12-16-11-14-6-2-3-8-17(14)22-16/h2-3,6,8,11,13,15H,4-5,7,9-10,12H2,1H3,(H,20,21). The first-order valence-electron chi connectivity index (χ1n) is 8.08. The van der Waals surface area contributed by atoms with Crippen LogP contribution in [0.25, 0.3) is 11.0 Å². The molecule has 2 heterocycles. The van der Waals surface area contributed by atoms with Crippen molar-refractivity contribution in [1.29, 1.82) is 0 Å². The first-order valence-corrected chi connectivity index (χ1v) is 8.08. The molecule has 1 fully saturated rings. The fraction of sp³-hybridized carbons (Fsp3) is 0.500. The summed E-state index contributed by atoms with van der Waals surface area (Å²) in [5.74, 6) is -0.0217. The number of rotatable bonds is 5. The molecule has 1 aromatic heterocycles. The molecule has 22 heavy (non-hydrogen) atoms. The van der Waals surface area contributed by atoms with E-state index in [1.807, 2.05) is 18.2 Å². The number of para-hydroxylation sites is 1. The summed E-state index contributed by atoms with van der Waals surface area (Å²) in [5, 5.41) is 10.3. The van der Waals surface area contributed by atoms with E-state index in [1.165, 1.54) is 12.8 Å². The third-order valence-electron chi connectivity index (χ3n) is 4.63. The van der Waals surface area contributed by atoms with Gasteiger partial charge in [-0.1, -0.05) is 31.5 Å². The van der Waals surface area contributed by atoms with Crippen LogP contribution in [0, 0.1) is 5.92 Å². The first kappa shape index (κ1) is 15.1. The van der Waals surface area contributed by atoms with E-state index < -0.39 is 5.97 Å². The average Bonchev–Trinajstić information content (AvgIpc) is 2.91. The van der Waals surface area contributed by atoms with Crippen LogP contribution in [0.1, 0.15) is 38.4 Å². The van der Waals surface area contributed by atoms with Crippen LogP contribution in [0.5, 0.6) is 0 Å². The molecule has 2 atom stereocenters. The Morgan fingerprint density at radius 3 is 3.00 bits per heavy atom. The van der Waals surface area contributed by atoms with E-state index in [9.17, 15) is 4.79 Å². The van der Waals surface area contributed by atoms with Crippen molar-refractivity contribution in [2.45, 2.75) is 45.2 Å². The Hall–Kier alpha value is -1.81. The maximum absolute atomic E-state index is 11.1. The van der Waals surface area contributed by atoms with Gasteiger partial charge in [-0.05, 0) is 37.9 Å². The molecule has 1 saturated heterocycles. The Morgan fingerprint density at radius 2 is 2.23 bits per heavy atom. The molecule has 4 nitrogen and oxygen atoms in total. The normalized spacial score (nSPS) is 21.0. The number of aliphatic carboxylic acids is 1. The van der Waals surface area contributed by atoms with Crippen molar-refractivity contribution >= 4 is 16.9 Å². The highest BCUT2D eigenvalue weighted by molar-refractivity contribution is 5.77. The SMILES string of the molecule is CC(CC1CCCCN1Cc1cc2ccccc2o1)C(=O)O. The summed E-state index contributed by atoms with van der Waals surface area (Å²) in [6.45, 7) is 3.59. The van der Waals surface area contributed by atoms with Gasteiger partial charge >= 0.3 is 5.97 Å². The summed E-state index contributed by atoms with van der Waals surface area (Å²) >= 11 is 0. The number of hydrogen-bond donors (Lipinski definition) is 1. The molecule has 1 aliphatic rings. The number of furan rings is 1. The summed E-state index contributed by atoms with van der Waals surface area (Å²) in [6, 6.07) is 10.5. The van der Waals surface area contributed by atoms with Gasteiger partial charge in [-0.2, -0.15) is 0 Å². The van der Waals surface area contributed by atoms with Gasteiger partial charge in [-0.15, -0.1) is 0 Å². The molecule has 118 valence electrons. The Labute approximate surface area is 130 Å². The van der Waals surface area contributed by atoms with Gasteiger partial charge in [0.05, 0.1) is 12.5 Å². The van der Waals surface area contributed by atoms with E-state index in [2.05, 4.69) is 17.0 Å². The fourth-order valence-electron chi connectivity index (χ4n) is 3.36. The van der Waals surface area contributed by atoms with Crippen molar-refractivity contribution < 1.29 is 14.3 Å². The van der Waals surface area contributed by atoms with Crippen LogP contribution in [-0.4, -0.2) is 28.6 Å². The summed E-state index contributed by atoms with van der Waals surface area (Å²) < 4.78 is 5.91. The molecular weight excluding hydrogens is 278 g/mol. The minimum Gasteiger partial charge on any atom is -0.481 e. The minimum atomic E-state index is -0.700. The Morgan fingerprint density at radius 1 is 1.41 bits per heavy atom. The Kier molecular flexibility index (Phi) is 4.48. The third kappa shape index (κ3) is 3.33. The van der Waals surface area contributed by atoms with Crippen molar-refractivity contribution in [2.24, 2.45) is 5.92 Å². The first-order chi connectivity index (χ1) is 10.6. The van der Waals surface area contributed by atoms with Crippen LogP contribution < -0.4 is 0 Å². The highest BCUT2D eigenvalue weighted by Gasteiger charge is 2.27. The monoisotopic (exact) mass is 301 g/mol. The van der Waals surface area contributed by atoms with Crippen LogP contribution in [0.3, 0.4) is 0 Å². The molecule has 4 heteroatoms. The Bertz CT molecular complexity index is 616. The van der Waals surface area contributed by atoms with Gasteiger partial charge < -0.3 is 9.52 Å². The number of carboxylic acids is 1. The summed E-state index contributed by atoms with van der Waals surface area (Å²) in [4.78, 5) is 13.5. The predicted octanol–water partition coefficient (Wildman–Crippen LogP) is 3.90. The average molecular weight is 301 g/mol. The molecule has 0 bridgehead atoms. The van der Waals surface area contributed by atoms with Gasteiger partial charge in [-0.25, -0.2) is 0 Å². The lowest BCUT2D eigenvalue weighted by atomic mass is 9.93. The predicted molar refractivity (Wildman–Crippen MR) is 85.7 cm³/mol. The zero-order valence-electron chi connectivity index (χ0n) is 13.0. The van der Waals surface area contributed by atoms with E-state index in [0.717, 1.165) is 42.7 Å². The lowest BCUT2D eigenvalue weighted by molar-refractivity contribution is -0.142. The second-order valence-corrected chi connectivity index (χ2v) is 6.35. The molecule has 0 aliphatic carbocycles. The summed E-state index contributed by atoms with van der Waals surface area (Å²) in [5.41, 5.74) is 0.921. The van der Waals surface area contributed by atoms with Gasteiger partial charge in [-0.3, -0.25) is 9.69 Å². The lowest BCUT2D eigenvalue weighted by Crippen LogP contribution is -2.40. The van der Waals surface area contributed by atoms with Crippen LogP contribution in [0.15, 0.2) is 34.7 Å². The zero-order valence-corrected chi connectivity index (χ0v) is 13.0. The van der Waals surface area contributed by atoms with Crippen molar-refractivity contribution in [1.82, 2.24) is 4.90 Å². The van der Waals surface area contributed by atoms with E-state index in [1.54, 1.807) is 6.92 Å². The minimum absolute atomic E-state index is 0.290. The highest BCUT2D eigenvalue weighted by atomic mass is 16.4. The second kappa shape index (κ2) is 6.53. The number of nitrogens with zero attached hydrogens (tertiary/aromatic N) is 1. The number of carbonyl (C=O) groups is 1. The number of piperidine rings is 1. The number of hydrogen-bond acceptors (Lipinski definition) is 3. The molecule has 0 saturated carbocycles. The van der Waals surface area contributed by atoms with Crippen LogP contribution in [-0.2, 0) is 11.3 Å². The van der Waals surface area contributed by atoms with E-state index in [4.69, 9.17) is 9.52 Å². The summed E-state index contributed by atoms with van der Waals surface area (Å²) in [6.07, 6.45) is 4.17. The van der Waals surface area contributed by atoms with Crippen LogP contribution in [0.2, 0.25) is 0 Å². The second-order valence-electron chi connectivity index (χ2n) is 6.35. The highest BCUT2D eigenvalue weighted by Crippen LogP contribution is 2.27. The molecule has 1 aromatic carbocycles. The van der Waals surface area contributed by atoms with Gasteiger partial charge in [0, 0.05) is 11.4 Å². The van der Waals surface area contributed by atoms with Gasteiger partial charge in [0.15, 0.2) is 0 Å². The Balaban J connectivity index is 1.71. The maximum Gasteiger partial charge on any atom is 0.306 e. The smallest absolute Gasteiger partial charge is 0.306 e. The third-order valence-corrected chi connectivity index (χ3v) is 4.63. The number of likely N-dealkylation sites (tertiary alicyclic amines) is 1. The molecule has 0 radical (unpaired) electrons. The largest absolute Gasteiger partial charge is 0.481 e. The van der Waals surface area contributed by atoms with E-state index in [-0.39, 0.29) is 5.92 Å². The van der Waals surface area contributed by atoms with Gasteiger partial charge in [0.25, 0.3) is 0 Å². The molecule has 3 rings (SSSR count). The zero-order chi connectivity index (χ0) is 15.5. The van der Waals surface area contributed by atoms with Crippen LogP contribution in [0.4, 0.5) is 0 Å². The molecule has 2 unspecified atom stereocenters. The van der Waals surface area contributed by atoms with Crippen molar-refractivity contribution in [2.75, 3.05) is 6.54 Å². The lowest BCUT2D eigenvalue weighted by Gasteiger charge is -2.36. The molecule has 1 N–H and O–H groups in total. The summed E-state index contributed by atoms with van der Waals surface area (Å²) in [7, 11) is 0. The molecule has 0 spiro atoms. The molecular formula is C18H23NO3. The van der Waals surface area contributed by atoms with Crippen molar-refractivity contribution in [3.05, 3.63) is 36.1 Å². The molecule has 2 aromatic rings. The number of carboxylic acid groups (broad SMARTS) is 1. The van der Waals surface area contributed by atoms with Crippen LogP contribution >= 0.6 is 0 Å². The van der Waals surface area contributed by atoms with Crippen molar-refractivity contribution in [3.63, 3.8) is 0 Å². The fourth-order valence-corrected chi connectivity index (χ4v) is 3.36.